The maximum absolute atomic E-state index is 12.2. The zero-order valence-electron chi connectivity index (χ0n) is 12.1. The van der Waals surface area contributed by atoms with Gasteiger partial charge in [0.1, 0.15) is 11.5 Å². The highest BCUT2D eigenvalue weighted by Crippen LogP contribution is 2.40. The molecule has 2 aliphatic heterocycles. The summed E-state index contributed by atoms with van der Waals surface area (Å²) in [6, 6.07) is 3.73. The lowest BCUT2D eigenvalue weighted by molar-refractivity contribution is -0.121. The van der Waals surface area contributed by atoms with Gasteiger partial charge in [-0.2, -0.15) is 0 Å². The SMILES string of the molecule is COc1cc2c(cc1Br)OCC(=O)N2CCN1CCCC1. The van der Waals surface area contributed by atoms with Gasteiger partial charge in [0.15, 0.2) is 6.61 Å². The van der Waals surface area contributed by atoms with Gasteiger partial charge in [0.05, 0.1) is 17.3 Å². The van der Waals surface area contributed by atoms with Crippen molar-refractivity contribution in [3.05, 3.63) is 16.6 Å². The van der Waals surface area contributed by atoms with E-state index in [0.717, 1.165) is 35.5 Å². The van der Waals surface area contributed by atoms with E-state index < -0.39 is 0 Å². The number of rotatable bonds is 4. The van der Waals surface area contributed by atoms with Gasteiger partial charge in [0, 0.05) is 25.2 Å². The Labute approximate surface area is 132 Å². The molecule has 1 amide bonds. The molecule has 2 aliphatic rings. The molecule has 6 heteroatoms. The zero-order chi connectivity index (χ0) is 14.8. The molecule has 3 rings (SSSR count). The summed E-state index contributed by atoms with van der Waals surface area (Å²) < 4.78 is 11.7. The number of ether oxygens (including phenoxy) is 2. The Morgan fingerprint density at radius 1 is 1.29 bits per heavy atom. The van der Waals surface area contributed by atoms with Gasteiger partial charge in [-0.15, -0.1) is 0 Å². The summed E-state index contributed by atoms with van der Waals surface area (Å²) >= 11 is 3.45. The minimum absolute atomic E-state index is 0.00562. The predicted octanol–water partition coefficient (Wildman–Crippen LogP) is 2.28. The number of likely N-dealkylation sites (tertiary alicyclic amines) is 1. The molecule has 0 N–H and O–H groups in total. The summed E-state index contributed by atoms with van der Waals surface area (Å²) in [6.07, 6.45) is 2.52. The number of hydrogen-bond donors (Lipinski definition) is 0. The van der Waals surface area contributed by atoms with Crippen LogP contribution in [0.25, 0.3) is 0 Å². The first-order chi connectivity index (χ1) is 10.2. The Bertz CT molecular complexity index is 544. The number of amides is 1. The van der Waals surface area contributed by atoms with Crippen LogP contribution in [0.4, 0.5) is 5.69 Å². The third kappa shape index (κ3) is 3.01. The van der Waals surface area contributed by atoms with Crippen molar-refractivity contribution in [2.24, 2.45) is 0 Å². The van der Waals surface area contributed by atoms with E-state index >= 15 is 0 Å². The monoisotopic (exact) mass is 354 g/mol. The van der Waals surface area contributed by atoms with E-state index in [-0.39, 0.29) is 12.5 Å². The Hall–Kier alpha value is -1.27. The van der Waals surface area contributed by atoms with Crippen molar-refractivity contribution in [1.29, 1.82) is 0 Å². The summed E-state index contributed by atoms with van der Waals surface area (Å²) in [7, 11) is 1.62. The number of halogens is 1. The topological polar surface area (TPSA) is 42.0 Å². The van der Waals surface area contributed by atoms with Crippen molar-refractivity contribution in [2.75, 3.05) is 44.8 Å². The van der Waals surface area contributed by atoms with Crippen LogP contribution in [0.2, 0.25) is 0 Å². The highest BCUT2D eigenvalue weighted by molar-refractivity contribution is 9.10. The summed E-state index contributed by atoms with van der Waals surface area (Å²) in [5.41, 5.74) is 0.797. The van der Waals surface area contributed by atoms with Gasteiger partial charge in [-0.3, -0.25) is 4.79 Å². The number of nitrogens with zero attached hydrogens (tertiary/aromatic N) is 2. The van der Waals surface area contributed by atoms with Gasteiger partial charge in [-0.25, -0.2) is 0 Å². The molecule has 1 aromatic carbocycles. The number of methoxy groups -OCH3 is 1. The second-order valence-electron chi connectivity index (χ2n) is 5.34. The van der Waals surface area contributed by atoms with E-state index in [4.69, 9.17) is 9.47 Å². The third-order valence-electron chi connectivity index (χ3n) is 4.01. The average Bonchev–Trinajstić information content (AvgIpc) is 2.99. The van der Waals surface area contributed by atoms with Gasteiger partial charge in [-0.05, 0) is 41.9 Å². The minimum Gasteiger partial charge on any atom is -0.495 e. The molecule has 0 spiro atoms. The molecule has 21 heavy (non-hydrogen) atoms. The normalized spacial score (nSPS) is 18.6. The van der Waals surface area contributed by atoms with E-state index in [1.807, 2.05) is 17.0 Å². The molecule has 0 atom stereocenters. The fourth-order valence-corrected chi connectivity index (χ4v) is 3.34. The van der Waals surface area contributed by atoms with E-state index in [9.17, 15) is 4.79 Å². The number of hydrogen-bond acceptors (Lipinski definition) is 4. The lowest BCUT2D eigenvalue weighted by Gasteiger charge is -2.31. The van der Waals surface area contributed by atoms with Crippen LogP contribution in [0.1, 0.15) is 12.8 Å². The molecule has 0 bridgehead atoms. The highest BCUT2D eigenvalue weighted by Gasteiger charge is 2.27. The summed E-state index contributed by atoms with van der Waals surface area (Å²) in [4.78, 5) is 16.4. The fraction of sp³-hybridized carbons (Fsp3) is 0.533. The first-order valence-corrected chi connectivity index (χ1v) is 8.01. The van der Waals surface area contributed by atoms with Gasteiger partial charge in [0.25, 0.3) is 5.91 Å². The van der Waals surface area contributed by atoms with E-state index in [2.05, 4.69) is 20.8 Å². The summed E-state index contributed by atoms with van der Waals surface area (Å²) in [5.74, 6) is 1.44. The van der Waals surface area contributed by atoms with Crippen LogP contribution in [-0.4, -0.2) is 50.7 Å². The molecule has 1 saturated heterocycles. The molecule has 0 saturated carbocycles. The van der Waals surface area contributed by atoms with Crippen LogP contribution in [0.5, 0.6) is 11.5 Å². The van der Waals surface area contributed by atoms with Crippen molar-refractivity contribution in [2.45, 2.75) is 12.8 Å². The maximum atomic E-state index is 12.2. The first-order valence-electron chi connectivity index (χ1n) is 7.22. The van der Waals surface area contributed by atoms with E-state index in [1.54, 1.807) is 7.11 Å². The van der Waals surface area contributed by atoms with Crippen molar-refractivity contribution < 1.29 is 14.3 Å². The number of anilines is 1. The molecule has 114 valence electrons. The fourth-order valence-electron chi connectivity index (χ4n) is 2.85. The van der Waals surface area contributed by atoms with Crippen LogP contribution in [0.3, 0.4) is 0 Å². The van der Waals surface area contributed by atoms with Gasteiger partial charge < -0.3 is 19.3 Å². The average molecular weight is 355 g/mol. The molecule has 1 aromatic rings. The second-order valence-corrected chi connectivity index (χ2v) is 6.19. The van der Waals surface area contributed by atoms with Gasteiger partial charge >= 0.3 is 0 Å². The van der Waals surface area contributed by atoms with Crippen LogP contribution in [0, 0.1) is 0 Å². The maximum Gasteiger partial charge on any atom is 0.265 e. The number of carbonyl (C=O) groups excluding carboxylic acids is 1. The van der Waals surface area contributed by atoms with E-state index in [0.29, 0.717) is 12.3 Å². The predicted molar refractivity (Wildman–Crippen MR) is 84.2 cm³/mol. The van der Waals surface area contributed by atoms with E-state index in [1.165, 1.54) is 12.8 Å². The van der Waals surface area contributed by atoms with Crippen LogP contribution >= 0.6 is 15.9 Å². The molecular weight excluding hydrogens is 336 g/mol. The van der Waals surface area contributed by atoms with Gasteiger partial charge in [0.2, 0.25) is 0 Å². The number of benzene rings is 1. The zero-order valence-corrected chi connectivity index (χ0v) is 13.7. The highest BCUT2D eigenvalue weighted by atomic mass is 79.9. The minimum atomic E-state index is 0.00562. The molecule has 5 nitrogen and oxygen atoms in total. The molecule has 2 heterocycles. The van der Waals surface area contributed by atoms with Crippen LogP contribution in [0.15, 0.2) is 16.6 Å². The molecule has 1 fully saturated rings. The van der Waals surface area contributed by atoms with Crippen molar-refractivity contribution >= 4 is 27.5 Å². The lowest BCUT2D eigenvalue weighted by Crippen LogP contribution is -2.43. The largest absolute Gasteiger partial charge is 0.495 e. The summed E-state index contributed by atoms with van der Waals surface area (Å²) in [6.45, 7) is 3.97. The molecule has 0 radical (unpaired) electrons. The Balaban J connectivity index is 1.81. The lowest BCUT2D eigenvalue weighted by atomic mass is 10.2. The Morgan fingerprint density at radius 3 is 2.76 bits per heavy atom. The van der Waals surface area contributed by atoms with Crippen molar-refractivity contribution in [3.63, 3.8) is 0 Å². The molecular formula is C15H19BrN2O3. The van der Waals surface area contributed by atoms with Crippen molar-refractivity contribution in [1.82, 2.24) is 4.90 Å². The molecule has 0 unspecified atom stereocenters. The van der Waals surface area contributed by atoms with Crippen LogP contribution < -0.4 is 14.4 Å². The first kappa shape index (κ1) is 14.7. The second kappa shape index (κ2) is 6.23. The number of fused-ring (bicyclic) bond motifs is 1. The smallest absolute Gasteiger partial charge is 0.265 e. The van der Waals surface area contributed by atoms with Crippen LogP contribution in [-0.2, 0) is 4.79 Å². The Kier molecular flexibility index (Phi) is 4.35. The van der Waals surface area contributed by atoms with Gasteiger partial charge in [-0.1, -0.05) is 0 Å². The molecule has 0 aliphatic carbocycles. The quantitative estimate of drug-likeness (QED) is 0.831. The standard InChI is InChI=1S/C15H19BrN2O3/c1-20-13-9-12-14(8-11(13)16)21-10-15(19)18(12)7-6-17-4-2-3-5-17/h8-9H,2-7,10H2,1H3. The third-order valence-corrected chi connectivity index (χ3v) is 4.63. The molecule has 0 aromatic heterocycles. The van der Waals surface area contributed by atoms with Crippen molar-refractivity contribution in [3.8, 4) is 11.5 Å². The number of carbonyl (C=O) groups is 1. The Morgan fingerprint density at radius 2 is 2.05 bits per heavy atom. The summed E-state index contributed by atoms with van der Waals surface area (Å²) in [5, 5.41) is 0.